The molecule has 7 unspecified atom stereocenters. The second kappa shape index (κ2) is 42.9. The van der Waals surface area contributed by atoms with Crippen LogP contribution >= 0.6 is 0 Å². The molecule has 1 amide bonds. The molecule has 61 heavy (non-hydrogen) atoms. The lowest BCUT2D eigenvalue weighted by molar-refractivity contribution is -0.302. The molecule has 0 aromatic carbocycles. The summed E-state index contributed by atoms with van der Waals surface area (Å²) in [4.78, 5) is 13.0. The minimum absolute atomic E-state index is 0.138. The maximum atomic E-state index is 13.0. The monoisotopic (exact) mass is 868 g/mol. The molecule has 0 saturated carbocycles. The van der Waals surface area contributed by atoms with Gasteiger partial charge >= 0.3 is 0 Å². The van der Waals surface area contributed by atoms with E-state index in [0.717, 1.165) is 51.4 Å². The summed E-state index contributed by atoms with van der Waals surface area (Å²) < 4.78 is 11.3. The molecule has 0 aromatic heterocycles. The number of allylic oxidation sites excluding steroid dienone is 2. The number of rotatable bonds is 45. The van der Waals surface area contributed by atoms with E-state index in [2.05, 4.69) is 31.3 Å². The topological polar surface area (TPSA) is 149 Å². The second-order valence-electron chi connectivity index (χ2n) is 18.7. The Morgan fingerprint density at radius 2 is 0.918 bits per heavy atom. The summed E-state index contributed by atoms with van der Waals surface area (Å²) in [5.74, 6) is -0.150. The third kappa shape index (κ3) is 33.1. The second-order valence-corrected chi connectivity index (χ2v) is 18.7. The highest BCUT2D eigenvalue weighted by molar-refractivity contribution is 5.76. The van der Waals surface area contributed by atoms with Gasteiger partial charge in [0.2, 0.25) is 5.91 Å². The average molecular weight is 868 g/mol. The van der Waals surface area contributed by atoms with Crippen LogP contribution in [0.5, 0.6) is 0 Å². The summed E-state index contributed by atoms with van der Waals surface area (Å²) >= 11 is 0. The van der Waals surface area contributed by atoms with Crippen molar-refractivity contribution in [1.82, 2.24) is 5.32 Å². The number of unbranched alkanes of at least 4 members (excludes halogenated alkanes) is 33. The van der Waals surface area contributed by atoms with Crippen LogP contribution in [0.2, 0.25) is 0 Å². The number of aliphatic hydroxyl groups is 5. The van der Waals surface area contributed by atoms with Gasteiger partial charge in [0.1, 0.15) is 24.4 Å². The fourth-order valence-electron chi connectivity index (χ4n) is 8.63. The zero-order valence-corrected chi connectivity index (χ0v) is 39.9. The number of hydrogen-bond donors (Lipinski definition) is 6. The van der Waals surface area contributed by atoms with Gasteiger partial charge in [0.25, 0.3) is 0 Å². The highest BCUT2D eigenvalue weighted by atomic mass is 16.7. The normalized spacial score (nSPS) is 20.4. The van der Waals surface area contributed by atoms with E-state index in [1.54, 1.807) is 0 Å². The van der Waals surface area contributed by atoms with Crippen LogP contribution in [0, 0.1) is 0 Å². The smallest absolute Gasteiger partial charge is 0.220 e. The minimum atomic E-state index is -1.55. The number of ether oxygens (including phenoxy) is 2. The van der Waals surface area contributed by atoms with Gasteiger partial charge in [0, 0.05) is 6.42 Å². The molecule has 362 valence electrons. The van der Waals surface area contributed by atoms with Crippen molar-refractivity contribution >= 4 is 5.91 Å². The first-order valence-corrected chi connectivity index (χ1v) is 26.4. The molecular formula is C52H101NO8. The Balaban J connectivity index is 2.22. The number of carbonyl (C=O) groups excluding carboxylic acids is 1. The molecule has 6 N–H and O–H groups in total. The number of hydrogen-bond acceptors (Lipinski definition) is 8. The van der Waals surface area contributed by atoms with Crippen molar-refractivity contribution in [2.45, 2.75) is 301 Å². The molecule has 7 atom stereocenters. The summed E-state index contributed by atoms with van der Waals surface area (Å²) in [5, 5.41) is 54.5. The summed E-state index contributed by atoms with van der Waals surface area (Å²) in [6, 6.07) is -0.720. The Hall–Kier alpha value is -1.07. The van der Waals surface area contributed by atoms with Gasteiger partial charge in [-0.05, 0) is 38.5 Å². The molecule has 1 aliphatic rings. The van der Waals surface area contributed by atoms with Gasteiger partial charge in [-0.2, -0.15) is 0 Å². The van der Waals surface area contributed by atoms with Crippen molar-refractivity contribution in [2.75, 3.05) is 13.2 Å². The van der Waals surface area contributed by atoms with Crippen LogP contribution in [0.4, 0.5) is 0 Å². The van der Waals surface area contributed by atoms with Gasteiger partial charge in [-0.15, -0.1) is 0 Å². The van der Waals surface area contributed by atoms with Gasteiger partial charge in [-0.1, -0.05) is 225 Å². The minimum Gasteiger partial charge on any atom is -0.394 e. The van der Waals surface area contributed by atoms with Crippen LogP contribution in [0.1, 0.15) is 258 Å². The molecule has 1 rings (SSSR count). The van der Waals surface area contributed by atoms with Gasteiger partial charge in [0.05, 0.1) is 25.4 Å². The molecule has 0 spiro atoms. The predicted molar refractivity (Wildman–Crippen MR) is 254 cm³/mol. The third-order valence-electron chi connectivity index (χ3n) is 12.9. The molecule has 9 heteroatoms. The van der Waals surface area contributed by atoms with Gasteiger partial charge < -0.3 is 40.3 Å². The number of amides is 1. The Kier molecular flexibility index (Phi) is 40.7. The molecule has 0 aliphatic carbocycles. The van der Waals surface area contributed by atoms with E-state index in [9.17, 15) is 30.3 Å². The van der Waals surface area contributed by atoms with E-state index in [1.807, 2.05) is 0 Å². The highest BCUT2D eigenvalue weighted by Gasteiger charge is 2.44. The van der Waals surface area contributed by atoms with E-state index in [0.29, 0.717) is 12.8 Å². The lowest BCUT2D eigenvalue weighted by Gasteiger charge is -2.40. The summed E-state index contributed by atoms with van der Waals surface area (Å²) in [7, 11) is 0. The van der Waals surface area contributed by atoms with E-state index < -0.39 is 49.5 Å². The van der Waals surface area contributed by atoms with E-state index >= 15 is 0 Å². The first kappa shape index (κ1) is 57.9. The zero-order valence-electron chi connectivity index (χ0n) is 39.9. The predicted octanol–water partition coefficient (Wildman–Crippen LogP) is 12.1. The summed E-state index contributed by atoms with van der Waals surface area (Å²) in [6.45, 7) is 3.84. The number of carbonyl (C=O) groups is 1. The number of nitrogens with one attached hydrogen (secondary N) is 1. The van der Waals surface area contributed by atoms with Crippen LogP contribution in [0.15, 0.2) is 12.2 Å². The lowest BCUT2D eigenvalue weighted by Crippen LogP contribution is -2.60. The van der Waals surface area contributed by atoms with Crippen LogP contribution in [-0.2, 0) is 14.3 Å². The Bertz CT molecular complexity index is 966. The fraction of sp³-hybridized carbons (Fsp3) is 0.942. The SMILES string of the molecule is CCCCCCC/C=C\CCCCCCCC(=O)NC(COC1OC(CO)C(O)C(O)C1O)C(O)CCCCCCCCCCCCCCCCCCCCCCCCCC. The molecule has 0 aromatic rings. The molecule has 1 heterocycles. The maximum Gasteiger partial charge on any atom is 0.220 e. The van der Waals surface area contributed by atoms with Crippen LogP contribution in [0.25, 0.3) is 0 Å². The number of aliphatic hydroxyl groups excluding tert-OH is 5. The molecule has 9 nitrogen and oxygen atoms in total. The van der Waals surface area contributed by atoms with Crippen molar-refractivity contribution < 1.29 is 39.8 Å². The van der Waals surface area contributed by atoms with Crippen molar-refractivity contribution in [3.63, 3.8) is 0 Å². The molecule has 0 bridgehead atoms. The van der Waals surface area contributed by atoms with Crippen molar-refractivity contribution in [3.8, 4) is 0 Å². The molecule has 0 radical (unpaired) electrons. The Morgan fingerprint density at radius 3 is 1.33 bits per heavy atom. The zero-order chi connectivity index (χ0) is 44.4. The molecular weight excluding hydrogens is 767 g/mol. The van der Waals surface area contributed by atoms with Crippen molar-refractivity contribution in [1.29, 1.82) is 0 Å². The lowest BCUT2D eigenvalue weighted by atomic mass is 9.99. The highest BCUT2D eigenvalue weighted by Crippen LogP contribution is 2.23. The first-order chi connectivity index (χ1) is 29.8. The van der Waals surface area contributed by atoms with Crippen LogP contribution < -0.4 is 5.32 Å². The van der Waals surface area contributed by atoms with E-state index in [1.165, 1.54) is 180 Å². The fourth-order valence-corrected chi connectivity index (χ4v) is 8.63. The van der Waals surface area contributed by atoms with Crippen molar-refractivity contribution in [2.24, 2.45) is 0 Å². The third-order valence-corrected chi connectivity index (χ3v) is 12.9. The Labute approximate surface area is 376 Å². The van der Waals surface area contributed by atoms with E-state index in [-0.39, 0.29) is 12.5 Å². The molecule has 1 saturated heterocycles. The van der Waals surface area contributed by atoms with Gasteiger partial charge in [0.15, 0.2) is 6.29 Å². The molecule has 1 aliphatic heterocycles. The molecule has 1 fully saturated rings. The first-order valence-electron chi connectivity index (χ1n) is 26.4. The van der Waals surface area contributed by atoms with Crippen LogP contribution in [-0.4, -0.2) is 87.5 Å². The summed E-state index contributed by atoms with van der Waals surface area (Å²) in [6.07, 6.45) is 43.7. The van der Waals surface area contributed by atoms with E-state index in [4.69, 9.17) is 9.47 Å². The average Bonchev–Trinajstić information content (AvgIpc) is 3.26. The van der Waals surface area contributed by atoms with Gasteiger partial charge in [-0.3, -0.25) is 4.79 Å². The largest absolute Gasteiger partial charge is 0.394 e. The van der Waals surface area contributed by atoms with Crippen LogP contribution in [0.3, 0.4) is 0 Å². The maximum absolute atomic E-state index is 13.0. The summed E-state index contributed by atoms with van der Waals surface area (Å²) in [5.41, 5.74) is 0. The van der Waals surface area contributed by atoms with Gasteiger partial charge in [-0.25, -0.2) is 0 Å². The quantitative estimate of drug-likeness (QED) is 0.0262. The standard InChI is InChI=1S/C52H101NO8/c1-3-5-7-9-11-13-15-17-19-20-21-22-23-24-25-26-27-28-29-31-33-35-37-39-41-46(55)45(44-60-52-51(59)50(58)49(57)47(43-54)61-52)53-48(56)42-40-38-36-34-32-30-18-16-14-12-10-8-6-4-2/h16,18,45-47,49-52,54-55,57-59H,3-15,17,19-44H2,1-2H3,(H,53,56)/b18-16-. The van der Waals surface area contributed by atoms with Crippen molar-refractivity contribution in [3.05, 3.63) is 12.2 Å². The Morgan fingerprint density at radius 1 is 0.541 bits per heavy atom.